The summed E-state index contributed by atoms with van der Waals surface area (Å²) in [6.45, 7) is 2.83. The number of para-hydroxylation sites is 1. The molecule has 1 heterocycles. The number of rotatable bonds is 2. The molecule has 3 rings (SSSR count). The molecule has 104 valence electrons. The molecule has 0 unspecified atom stereocenters. The topological polar surface area (TPSA) is 37.4 Å². The molecular formula is C17H19NO2. The Labute approximate surface area is 119 Å². The van der Waals surface area contributed by atoms with Gasteiger partial charge in [-0.15, -0.1) is 0 Å². The van der Waals surface area contributed by atoms with Gasteiger partial charge in [-0.05, 0) is 30.5 Å². The summed E-state index contributed by atoms with van der Waals surface area (Å²) < 4.78 is 0. The van der Waals surface area contributed by atoms with E-state index in [1.165, 1.54) is 0 Å². The van der Waals surface area contributed by atoms with Gasteiger partial charge in [0.15, 0.2) is 5.78 Å². The Hall–Kier alpha value is -1.90. The first-order valence-electron chi connectivity index (χ1n) is 7.24. The lowest BCUT2D eigenvalue weighted by Gasteiger charge is -2.32. The van der Waals surface area contributed by atoms with E-state index in [-0.39, 0.29) is 17.6 Å². The van der Waals surface area contributed by atoms with Crippen LogP contribution in [-0.4, -0.2) is 18.2 Å². The number of carbonyl (C=O) groups is 2. The number of allylic oxidation sites excluding steroid dienone is 2. The van der Waals surface area contributed by atoms with Gasteiger partial charge in [0.2, 0.25) is 5.91 Å². The second-order valence-electron chi connectivity index (χ2n) is 5.76. The Bertz CT molecular complexity index is 564. The number of hydrogen-bond acceptors (Lipinski definition) is 2. The number of carbonyl (C=O) groups excluding carboxylic acids is 2. The van der Waals surface area contributed by atoms with Crippen molar-refractivity contribution in [2.75, 3.05) is 11.4 Å². The Balaban J connectivity index is 1.98. The van der Waals surface area contributed by atoms with Crippen molar-refractivity contribution < 1.29 is 9.59 Å². The quantitative estimate of drug-likeness (QED) is 0.827. The summed E-state index contributed by atoms with van der Waals surface area (Å²) in [4.78, 5) is 26.6. The van der Waals surface area contributed by atoms with E-state index in [1.54, 1.807) is 6.08 Å². The SMILES string of the molecule is CC[C@@H]1CN(c2ccccc2)C(=O)[C@@]12CC=CC(=O)C2. The molecule has 1 amide bonds. The van der Waals surface area contributed by atoms with Crippen LogP contribution in [0.25, 0.3) is 0 Å². The molecule has 1 spiro atoms. The first kappa shape index (κ1) is 13.1. The van der Waals surface area contributed by atoms with Crippen molar-refractivity contribution in [2.45, 2.75) is 26.2 Å². The first-order chi connectivity index (χ1) is 9.67. The molecule has 1 fully saturated rings. The third-order valence-electron chi connectivity index (χ3n) is 4.69. The highest BCUT2D eigenvalue weighted by molar-refractivity contribution is 6.05. The minimum absolute atomic E-state index is 0.0814. The van der Waals surface area contributed by atoms with Gasteiger partial charge < -0.3 is 4.90 Å². The molecule has 2 aliphatic rings. The molecule has 0 N–H and O–H groups in total. The fourth-order valence-corrected chi connectivity index (χ4v) is 3.59. The van der Waals surface area contributed by atoms with Crippen molar-refractivity contribution in [1.82, 2.24) is 0 Å². The van der Waals surface area contributed by atoms with Crippen molar-refractivity contribution in [3.8, 4) is 0 Å². The molecule has 3 heteroatoms. The zero-order valence-electron chi connectivity index (χ0n) is 11.7. The molecule has 1 aliphatic carbocycles. The zero-order valence-corrected chi connectivity index (χ0v) is 11.7. The zero-order chi connectivity index (χ0) is 14.2. The average molecular weight is 269 g/mol. The van der Waals surface area contributed by atoms with Gasteiger partial charge in [-0.25, -0.2) is 0 Å². The van der Waals surface area contributed by atoms with E-state index in [1.807, 2.05) is 41.3 Å². The number of nitrogens with zero attached hydrogens (tertiary/aromatic N) is 1. The number of anilines is 1. The van der Waals surface area contributed by atoms with Crippen molar-refractivity contribution in [1.29, 1.82) is 0 Å². The van der Waals surface area contributed by atoms with Crippen LogP contribution in [0.3, 0.4) is 0 Å². The fraction of sp³-hybridized carbons (Fsp3) is 0.412. The van der Waals surface area contributed by atoms with Gasteiger partial charge in [0.25, 0.3) is 0 Å². The third kappa shape index (κ3) is 1.89. The van der Waals surface area contributed by atoms with Crippen LogP contribution < -0.4 is 4.90 Å². The van der Waals surface area contributed by atoms with E-state index < -0.39 is 5.41 Å². The second kappa shape index (κ2) is 4.89. The van der Waals surface area contributed by atoms with Gasteiger partial charge in [-0.1, -0.05) is 37.6 Å². The summed E-state index contributed by atoms with van der Waals surface area (Å²) in [6.07, 6.45) is 5.48. The number of amides is 1. The molecule has 0 saturated carbocycles. The third-order valence-corrected chi connectivity index (χ3v) is 4.69. The van der Waals surface area contributed by atoms with E-state index in [0.717, 1.165) is 18.7 Å². The van der Waals surface area contributed by atoms with Crippen molar-refractivity contribution >= 4 is 17.4 Å². The van der Waals surface area contributed by atoms with Gasteiger partial charge in [-0.3, -0.25) is 9.59 Å². The van der Waals surface area contributed by atoms with Crippen LogP contribution in [0, 0.1) is 11.3 Å². The first-order valence-corrected chi connectivity index (χ1v) is 7.24. The summed E-state index contributed by atoms with van der Waals surface area (Å²) in [6, 6.07) is 9.76. The van der Waals surface area contributed by atoms with Gasteiger partial charge in [0.1, 0.15) is 0 Å². The number of ketones is 1. The summed E-state index contributed by atoms with van der Waals surface area (Å²) in [7, 11) is 0. The standard InChI is InChI=1S/C17H19NO2/c1-2-13-12-18(14-7-4-3-5-8-14)16(20)17(13)10-6-9-15(19)11-17/h3-9,13H,2,10-12H2,1H3/t13-,17-/m1/s1. The van der Waals surface area contributed by atoms with E-state index >= 15 is 0 Å². The molecule has 0 aromatic heterocycles. The predicted octanol–water partition coefficient (Wildman–Crippen LogP) is 2.96. The van der Waals surface area contributed by atoms with Gasteiger partial charge in [0.05, 0.1) is 5.41 Å². The van der Waals surface area contributed by atoms with Crippen molar-refractivity contribution in [3.63, 3.8) is 0 Å². The molecule has 1 aliphatic heterocycles. The van der Waals surface area contributed by atoms with Crippen LogP contribution in [0.2, 0.25) is 0 Å². The van der Waals surface area contributed by atoms with Gasteiger partial charge in [0, 0.05) is 18.7 Å². The largest absolute Gasteiger partial charge is 0.312 e. The fourth-order valence-electron chi connectivity index (χ4n) is 3.59. The van der Waals surface area contributed by atoms with Crippen LogP contribution in [0.5, 0.6) is 0 Å². The molecule has 20 heavy (non-hydrogen) atoms. The highest BCUT2D eigenvalue weighted by atomic mass is 16.2. The maximum absolute atomic E-state index is 12.9. The molecule has 1 saturated heterocycles. The van der Waals surface area contributed by atoms with Crippen LogP contribution in [0.1, 0.15) is 26.2 Å². The van der Waals surface area contributed by atoms with Crippen LogP contribution in [0.4, 0.5) is 5.69 Å². The molecular weight excluding hydrogens is 250 g/mol. The van der Waals surface area contributed by atoms with Crippen LogP contribution >= 0.6 is 0 Å². The van der Waals surface area contributed by atoms with Crippen LogP contribution in [-0.2, 0) is 9.59 Å². The van der Waals surface area contributed by atoms with Crippen LogP contribution in [0.15, 0.2) is 42.5 Å². The summed E-state index contributed by atoms with van der Waals surface area (Å²) >= 11 is 0. The smallest absolute Gasteiger partial charge is 0.234 e. The molecule has 0 bridgehead atoms. The molecule has 3 nitrogen and oxygen atoms in total. The van der Waals surface area contributed by atoms with E-state index in [4.69, 9.17) is 0 Å². The summed E-state index contributed by atoms with van der Waals surface area (Å²) in [5, 5.41) is 0. The highest BCUT2D eigenvalue weighted by Gasteiger charge is 2.54. The predicted molar refractivity (Wildman–Crippen MR) is 78.4 cm³/mol. The molecule has 2 atom stereocenters. The van der Waals surface area contributed by atoms with Gasteiger partial charge in [-0.2, -0.15) is 0 Å². The highest BCUT2D eigenvalue weighted by Crippen LogP contribution is 2.48. The van der Waals surface area contributed by atoms with E-state index in [9.17, 15) is 9.59 Å². The normalized spacial score (nSPS) is 29.4. The Morgan fingerprint density at radius 1 is 1.25 bits per heavy atom. The Morgan fingerprint density at radius 3 is 2.65 bits per heavy atom. The lowest BCUT2D eigenvalue weighted by molar-refractivity contribution is -0.132. The molecule has 0 radical (unpaired) electrons. The maximum Gasteiger partial charge on any atom is 0.234 e. The Morgan fingerprint density at radius 2 is 2.00 bits per heavy atom. The lowest BCUT2D eigenvalue weighted by atomic mass is 9.68. The van der Waals surface area contributed by atoms with Crippen molar-refractivity contribution in [2.24, 2.45) is 11.3 Å². The maximum atomic E-state index is 12.9. The summed E-state index contributed by atoms with van der Waals surface area (Å²) in [5.41, 5.74) is 0.436. The number of hydrogen-bond donors (Lipinski definition) is 0. The second-order valence-corrected chi connectivity index (χ2v) is 5.76. The van der Waals surface area contributed by atoms with Crippen molar-refractivity contribution in [3.05, 3.63) is 42.5 Å². The van der Waals surface area contributed by atoms with E-state index in [2.05, 4.69) is 6.92 Å². The summed E-state index contributed by atoms with van der Waals surface area (Å²) in [5.74, 6) is 0.454. The Kier molecular flexibility index (Phi) is 3.20. The molecule has 1 aromatic rings. The monoisotopic (exact) mass is 269 g/mol. The molecule has 1 aromatic carbocycles. The van der Waals surface area contributed by atoms with E-state index in [0.29, 0.717) is 12.8 Å². The average Bonchev–Trinajstić information content (AvgIpc) is 2.73. The lowest BCUT2D eigenvalue weighted by Crippen LogP contribution is -2.39. The van der Waals surface area contributed by atoms with Gasteiger partial charge >= 0.3 is 0 Å². The minimum atomic E-state index is -0.504. The minimum Gasteiger partial charge on any atom is -0.312 e. The number of benzene rings is 1.